The van der Waals surface area contributed by atoms with Gasteiger partial charge in [0.15, 0.2) is 0 Å². The molecule has 0 spiro atoms. The summed E-state index contributed by atoms with van der Waals surface area (Å²) in [6.07, 6.45) is 2.47. The molecule has 0 amide bonds. The number of aryl methyl sites for hydroxylation is 2. The molecule has 2 heterocycles. The third kappa shape index (κ3) is 2.15. The summed E-state index contributed by atoms with van der Waals surface area (Å²) >= 11 is 1.74. The number of hydrogen-bond donors (Lipinski definition) is 1. The molecule has 0 radical (unpaired) electrons. The monoisotopic (exact) mass is 236 g/mol. The molecule has 2 rings (SSSR count). The third-order valence-corrected chi connectivity index (χ3v) is 3.69. The maximum absolute atomic E-state index is 4.26. The summed E-state index contributed by atoms with van der Waals surface area (Å²) in [5, 5.41) is 11.8. The van der Waals surface area contributed by atoms with Gasteiger partial charge in [0.05, 0.1) is 0 Å². The number of rotatable bonds is 4. The summed E-state index contributed by atoms with van der Waals surface area (Å²) in [6, 6.07) is 0.314. The van der Waals surface area contributed by atoms with Crippen LogP contribution in [0.2, 0.25) is 0 Å². The van der Waals surface area contributed by atoms with Crippen LogP contribution in [0, 0.1) is 6.92 Å². The largest absolute Gasteiger partial charge is 0.313 e. The number of likely N-dealkylation sites (N-methyl/N-ethyl adjacent to an activating group) is 1. The standard InChI is InChI=1S/C11H16N4S/c1-8-5-16-6-9(8)10(12-2)4-11-13-7-14-15(11)3/h5-7,10,12H,4H2,1-3H3. The van der Waals surface area contributed by atoms with Gasteiger partial charge < -0.3 is 5.32 Å². The van der Waals surface area contributed by atoms with Crippen LogP contribution in [0.1, 0.15) is 23.0 Å². The van der Waals surface area contributed by atoms with Crippen LogP contribution in [-0.4, -0.2) is 21.8 Å². The van der Waals surface area contributed by atoms with Crippen LogP contribution in [0.5, 0.6) is 0 Å². The van der Waals surface area contributed by atoms with E-state index in [9.17, 15) is 0 Å². The topological polar surface area (TPSA) is 42.7 Å². The van der Waals surface area contributed by atoms with Crippen LogP contribution in [-0.2, 0) is 13.5 Å². The van der Waals surface area contributed by atoms with E-state index in [0.29, 0.717) is 6.04 Å². The van der Waals surface area contributed by atoms with E-state index in [1.807, 2.05) is 18.8 Å². The van der Waals surface area contributed by atoms with Crippen LogP contribution in [0.15, 0.2) is 17.1 Å². The second-order valence-corrected chi connectivity index (χ2v) is 4.60. The summed E-state index contributed by atoms with van der Waals surface area (Å²) in [5.41, 5.74) is 2.70. The number of hydrogen-bond acceptors (Lipinski definition) is 4. The molecule has 0 saturated carbocycles. The first-order chi connectivity index (χ1) is 7.72. The first-order valence-corrected chi connectivity index (χ1v) is 6.19. The Morgan fingerprint density at radius 1 is 1.50 bits per heavy atom. The van der Waals surface area contributed by atoms with Gasteiger partial charge in [-0.3, -0.25) is 4.68 Å². The van der Waals surface area contributed by atoms with Crippen molar-refractivity contribution in [1.82, 2.24) is 20.1 Å². The average molecular weight is 236 g/mol. The molecule has 0 aliphatic rings. The molecule has 0 aliphatic heterocycles. The van der Waals surface area contributed by atoms with Crippen molar-refractivity contribution in [2.75, 3.05) is 7.05 Å². The van der Waals surface area contributed by atoms with Crippen LogP contribution in [0.4, 0.5) is 0 Å². The molecule has 5 heteroatoms. The van der Waals surface area contributed by atoms with Crippen LogP contribution in [0.25, 0.3) is 0 Å². The van der Waals surface area contributed by atoms with E-state index >= 15 is 0 Å². The van der Waals surface area contributed by atoms with Crippen molar-refractivity contribution in [2.24, 2.45) is 7.05 Å². The van der Waals surface area contributed by atoms with E-state index in [4.69, 9.17) is 0 Å². The van der Waals surface area contributed by atoms with E-state index in [1.54, 1.807) is 17.7 Å². The van der Waals surface area contributed by atoms with Crippen molar-refractivity contribution < 1.29 is 0 Å². The zero-order chi connectivity index (χ0) is 11.5. The van der Waals surface area contributed by atoms with Gasteiger partial charge in [-0.05, 0) is 35.9 Å². The highest BCUT2D eigenvalue weighted by Gasteiger charge is 2.15. The minimum absolute atomic E-state index is 0.314. The predicted molar refractivity (Wildman–Crippen MR) is 65.6 cm³/mol. The van der Waals surface area contributed by atoms with E-state index in [2.05, 4.69) is 33.1 Å². The highest BCUT2D eigenvalue weighted by Crippen LogP contribution is 2.23. The Balaban J connectivity index is 2.19. The molecule has 0 aliphatic carbocycles. The fourth-order valence-corrected chi connectivity index (χ4v) is 2.69. The molecule has 1 atom stereocenters. The molecule has 4 nitrogen and oxygen atoms in total. The van der Waals surface area contributed by atoms with E-state index in [-0.39, 0.29) is 0 Å². The summed E-state index contributed by atoms with van der Waals surface area (Å²) in [4.78, 5) is 4.26. The molecule has 86 valence electrons. The van der Waals surface area contributed by atoms with Crippen molar-refractivity contribution in [2.45, 2.75) is 19.4 Å². The Labute approximate surface area is 99.3 Å². The molecule has 16 heavy (non-hydrogen) atoms. The first-order valence-electron chi connectivity index (χ1n) is 5.25. The van der Waals surface area contributed by atoms with Crippen molar-refractivity contribution in [3.63, 3.8) is 0 Å². The summed E-state index contributed by atoms with van der Waals surface area (Å²) in [7, 11) is 3.91. The highest BCUT2D eigenvalue weighted by molar-refractivity contribution is 7.08. The normalized spacial score (nSPS) is 12.9. The van der Waals surface area contributed by atoms with Crippen molar-refractivity contribution in [3.8, 4) is 0 Å². The minimum Gasteiger partial charge on any atom is -0.313 e. The molecular weight excluding hydrogens is 220 g/mol. The summed E-state index contributed by atoms with van der Waals surface area (Å²) < 4.78 is 1.83. The van der Waals surface area contributed by atoms with E-state index in [1.165, 1.54) is 11.1 Å². The van der Waals surface area contributed by atoms with Gasteiger partial charge in [-0.15, -0.1) is 0 Å². The number of nitrogens with zero attached hydrogens (tertiary/aromatic N) is 3. The summed E-state index contributed by atoms with van der Waals surface area (Å²) in [5.74, 6) is 1.00. The van der Waals surface area contributed by atoms with Gasteiger partial charge >= 0.3 is 0 Å². The zero-order valence-corrected chi connectivity index (χ0v) is 10.6. The zero-order valence-electron chi connectivity index (χ0n) is 9.77. The predicted octanol–water partition coefficient (Wildman–Crippen LogP) is 1.69. The Hall–Kier alpha value is -1.20. The van der Waals surface area contributed by atoms with E-state index < -0.39 is 0 Å². The second-order valence-electron chi connectivity index (χ2n) is 3.86. The van der Waals surface area contributed by atoms with E-state index in [0.717, 1.165) is 12.2 Å². The average Bonchev–Trinajstić information content (AvgIpc) is 2.85. The molecule has 0 bridgehead atoms. The molecule has 0 saturated heterocycles. The maximum Gasteiger partial charge on any atom is 0.138 e. The molecule has 2 aromatic heterocycles. The molecule has 1 N–H and O–H groups in total. The Morgan fingerprint density at radius 2 is 2.31 bits per heavy atom. The van der Waals surface area contributed by atoms with Gasteiger partial charge in [-0.1, -0.05) is 0 Å². The highest BCUT2D eigenvalue weighted by atomic mass is 32.1. The fraction of sp³-hybridized carbons (Fsp3) is 0.455. The van der Waals surface area contributed by atoms with Crippen molar-refractivity contribution in [1.29, 1.82) is 0 Å². The lowest BCUT2D eigenvalue weighted by Gasteiger charge is -2.15. The second kappa shape index (κ2) is 4.76. The van der Waals surface area contributed by atoms with Crippen LogP contribution >= 0.6 is 11.3 Å². The van der Waals surface area contributed by atoms with Gasteiger partial charge in [-0.25, -0.2) is 4.98 Å². The van der Waals surface area contributed by atoms with Crippen LogP contribution in [0.3, 0.4) is 0 Å². The molecule has 0 fully saturated rings. The van der Waals surface area contributed by atoms with Gasteiger partial charge in [0.2, 0.25) is 0 Å². The lowest BCUT2D eigenvalue weighted by atomic mass is 10.0. The SMILES string of the molecule is CNC(Cc1ncnn1C)c1cscc1C. The maximum atomic E-state index is 4.26. The van der Waals surface area contributed by atoms with Crippen LogP contribution < -0.4 is 5.32 Å². The number of nitrogens with one attached hydrogen (secondary N) is 1. The fourth-order valence-electron chi connectivity index (χ4n) is 1.78. The van der Waals surface area contributed by atoms with Gasteiger partial charge in [0, 0.05) is 19.5 Å². The lowest BCUT2D eigenvalue weighted by Crippen LogP contribution is -2.20. The quantitative estimate of drug-likeness (QED) is 0.878. The Morgan fingerprint density at radius 3 is 2.81 bits per heavy atom. The van der Waals surface area contributed by atoms with Gasteiger partial charge in [0.1, 0.15) is 12.2 Å². The molecule has 1 unspecified atom stereocenters. The Bertz CT molecular complexity index is 460. The van der Waals surface area contributed by atoms with Crippen molar-refractivity contribution >= 4 is 11.3 Å². The molecule has 0 aromatic carbocycles. The van der Waals surface area contributed by atoms with Gasteiger partial charge in [-0.2, -0.15) is 16.4 Å². The Kier molecular flexibility index (Phi) is 3.36. The van der Waals surface area contributed by atoms with Gasteiger partial charge in [0.25, 0.3) is 0 Å². The third-order valence-electron chi connectivity index (χ3n) is 2.81. The minimum atomic E-state index is 0.314. The smallest absolute Gasteiger partial charge is 0.138 e. The van der Waals surface area contributed by atoms with Crippen molar-refractivity contribution in [3.05, 3.63) is 34.0 Å². The number of aromatic nitrogens is 3. The summed E-state index contributed by atoms with van der Waals surface area (Å²) in [6.45, 7) is 2.15. The number of thiophene rings is 1. The molecule has 2 aromatic rings. The lowest BCUT2D eigenvalue weighted by molar-refractivity contribution is 0.552. The molecular formula is C11H16N4S. The first kappa shape index (κ1) is 11.3.